The van der Waals surface area contributed by atoms with Crippen LogP contribution in [-0.2, 0) is 14.8 Å². The summed E-state index contributed by atoms with van der Waals surface area (Å²) >= 11 is 0. The number of amides is 1. The van der Waals surface area contributed by atoms with Gasteiger partial charge in [-0.25, -0.2) is 8.42 Å². The molecule has 1 aromatic rings. The van der Waals surface area contributed by atoms with Crippen LogP contribution in [0.15, 0.2) is 18.2 Å². The van der Waals surface area contributed by atoms with E-state index in [-0.39, 0.29) is 11.7 Å². The van der Waals surface area contributed by atoms with Gasteiger partial charge in [-0.3, -0.25) is 9.10 Å². The van der Waals surface area contributed by atoms with E-state index in [0.29, 0.717) is 36.5 Å². The standard InChI is InChI=1S/C15H22N2O4S/c1-3-4-6-15(18)16-13-11-12(7-8-14(13)21-2)17-9-5-10-22(17,19)20/h7-8,11H,3-6,9-10H2,1-2H3,(H,16,18). The maximum absolute atomic E-state index is 12.0. The number of anilines is 2. The lowest BCUT2D eigenvalue weighted by Gasteiger charge is -2.19. The molecule has 1 amide bonds. The Labute approximate surface area is 131 Å². The van der Waals surface area contributed by atoms with E-state index in [4.69, 9.17) is 4.74 Å². The van der Waals surface area contributed by atoms with Gasteiger partial charge in [-0.1, -0.05) is 13.3 Å². The lowest BCUT2D eigenvalue weighted by molar-refractivity contribution is -0.116. The van der Waals surface area contributed by atoms with E-state index in [1.165, 1.54) is 11.4 Å². The zero-order valence-electron chi connectivity index (χ0n) is 13.0. The van der Waals surface area contributed by atoms with Crippen molar-refractivity contribution in [3.8, 4) is 5.75 Å². The van der Waals surface area contributed by atoms with Crippen LogP contribution in [0.5, 0.6) is 5.75 Å². The Morgan fingerprint density at radius 3 is 2.77 bits per heavy atom. The van der Waals surface area contributed by atoms with E-state index in [1.807, 2.05) is 6.92 Å². The fourth-order valence-corrected chi connectivity index (χ4v) is 3.98. The highest BCUT2D eigenvalue weighted by Crippen LogP contribution is 2.32. The van der Waals surface area contributed by atoms with Crippen molar-refractivity contribution in [2.45, 2.75) is 32.6 Å². The third-order valence-corrected chi connectivity index (χ3v) is 5.47. The van der Waals surface area contributed by atoms with Gasteiger partial charge < -0.3 is 10.1 Å². The molecule has 2 rings (SSSR count). The number of ether oxygens (including phenoxy) is 1. The molecule has 1 aromatic carbocycles. The summed E-state index contributed by atoms with van der Waals surface area (Å²) in [5.74, 6) is 0.587. The van der Waals surface area contributed by atoms with Crippen molar-refractivity contribution in [2.75, 3.05) is 29.0 Å². The maximum atomic E-state index is 12.0. The summed E-state index contributed by atoms with van der Waals surface area (Å²) in [4.78, 5) is 11.9. The van der Waals surface area contributed by atoms with Crippen molar-refractivity contribution in [2.24, 2.45) is 0 Å². The molecule has 0 aliphatic carbocycles. The van der Waals surface area contributed by atoms with Crippen molar-refractivity contribution in [3.05, 3.63) is 18.2 Å². The van der Waals surface area contributed by atoms with E-state index in [9.17, 15) is 13.2 Å². The highest BCUT2D eigenvalue weighted by atomic mass is 32.2. The number of carbonyl (C=O) groups is 1. The monoisotopic (exact) mass is 326 g/mol. The van der Waals surface area contributed by atoms with Gasteiger partial charge in [-0.2, -0.15) is 0 Å². The Balaban J connectivity index is 2.24. The molecule has 1 heterocycles. The quantitative estimate of drug-likeness (QED) is 0.871. The fourth-order valence-electron chi connectivity index (χ4n) is 2.43. The number of methoxy groups -OCH3 is 1. The zero-order chi connectivity index (χ0) is 16.2. The van der Waals surface area contributed by atoms with E-state index in [2.05, 4.69) is 5.32 Å². The predicted molar refractivity (Wildman–Crippen MR) is 86.9 cm³/mol. The largest absolute Gasteiger partial charge is 0.495 e. The summed E-state index contributed by atoms with van der Waals surface area (Å²) in [6.45, 7) is 2.49. The van der Waals surface area contributed by atoms with Crippen LogP contribution >= 0.6 is 0 Å². The highest BCUT2D eigenvalue weighted by Gasteiger charge is 2.29. The SMILES string of the molecule is CCCCC(=O)Nc1cc(N2CCCS2(=O)=O)ccc1OC. The Bertz CT molecular complexity index is 643. The van der Waals surface area contributed by atoms with Gasteiger partial charge in [0.2, 0.25) is 15.9 Å². The number of sulfonamides is 1. The summed E-state index contributed by atoms with van der Waals surface area (Å²) in [6, 6.07) is 5.04. The average Bonchev–Trinajstić information content (AvgIpc) is 2.84. The Morgan fingerprint density at radius 2 is 2.18 bits per heavy atom. The van der Waals surface area contributed by atoms with Crippen LogP contribution in [-0.4, -0.2) is 33.7 Å². The van der Waals surface area contributed by atoms with E-state index in [0.717, 1.165) is 12.8 Å². The first-order valence-electron chi connectivity index (χ1n) is 7.46. The van der Waals surface area contributed by atoms with Crippen LogP contribution < -0.4 is 14.4 Å². The molecule has 0 radical (unpaired) electrons. The Kier molecular flexibility index (Phi) is 5.28. The first-order chi connectivity index (χ1) is 10.5. The third kappa shape index (κ3) is 3.71. The Hall–Kier alpha value is -1.76. The molecule has 1 N–H and O–H groups in total. The number of benzene rings is 1. The zero-order valence-corrected chi connectivity index (χ0v) is 13.8. The summed E-state index contributed by atoms with van der Waals surface area (Å²) in [7, 11) is -1.72. The van der Waals surface area contributed by atoms with Crippen molar-refractivity contribution < 1.29 is 17.9 Å². The normalized spacial score (nSPS) is 16.5. The van der Waals surface area contributed by atoms with Gasteiger partial charge in [0.15, 0.2) is 0 Å². The second-order valence-corrected chi connectivity index (χ2v) is 7.29. The summed E-state index contributed by atoms with van der Waals surface area (Å²) in [6.07, 6.45) is 2.81. The molecule has 0 aromatic heterocycles. The predicted octanol–water partition coefficient (Wildman–Crippen LogP) is 2.36. The number of carbonyl (C=O) groups excluding carboxylic acids is 1. The molecule has 6 nitrogen and oxygen atoms in total. The number of nitrogens with zero attached hydrogens (tertiary/aromatic N) is 1. The van der Waals surface area contributed by atoms with Crippen LogP contribution in [0.1, 0.15) is 32.6 Å². The van der Waals surface area contributed by atoms with Crippen molar-refractivity contribution in [3.63, 3.8) is 0 Å². The van der Waals surface area contributed by atoms with Crippen molar-refractivity contribution in [1.29, 1.82) is 0 Å². The van der Waals surface area contributed by atoms with Gasteiger partial charge in [-0.05, 0) is 31.0 Å². The molecule has 1 aliphatic rings. The second-order valence-electron chi connectivity index (χ2n) is 5.28. The van der Waals surface area contributed by atoms with Gasteiger partial charge in [0.05, 0.1) is 24.2 Å². The lowest BCUT2D eigenvalue weighted by atomic mass is 10.2. The molecule has 22 heavy (non-hydrogen) atoms. The first-order valence-corrected chi connectivity index (χ1v) is 9.07. The van der Waals surface area contributed by atoms with Crippen LogP contribution in [0.2, 0.25) is 0 Å². The minimum atomic E-state index is -3.24. The number of unbranched alkanes of at least 4 members (excludes halogenated alkanes) is 1. The minimum Gasteiger partial charge on any atom is -0.495 e. The van der Waals surface area contributed by atoms with Gasteiger partial charge in [0.1, 0.15) is 5.75 Å². The van der Waals surface area contributed by atoms with Gasteiger partial charge in [-0.15, -0.1) is 0 Å². The average molecular weight is 326 g/mol. The molecule has 0 unspecified atom stereocenters. The molecule has 122 valence electrons. The van der Waals surface area contributed by atoms with Crippen LogP contribution in [0, 0.1) is 0 Å². The number of nitrogens with one attached hydrogen (secondary N) is 1. The molecular formula is C15H22N2O4S. The molecule has 7 heteroatoms. The number of rotatable bonds is 6. The summed E-state index contributed by atoms with van der Waals surface area (Å²) in [5.41, 5.74) is 1.06. The van der Waals surface area contributed by atoms with E-state index in [1.54, 1.807) is 18.2 Å². The molecule has 1 fully saturated rings. The van der Waals surface area contributed by atoms with Gasteiger partial charge >= 0.3 is 0 Å². The van der Waals surface area contributed by atoms with E-state index < -0.39 is 10.0 Å². The molecule has 0 saturated carbocycles. The third-order valence-electron chi connectivity index (χ3n) is 3.60. The smallest absolute Gasteiger partial charge is 0.235 e. The maximum Gasteiger partial charge on any atom is 0.235 e. The first kappa shape index (κ1) is 16.6. The van der Waals surface area contributed by atoms with Crippen LogP contribution in [0.3, 0.4) is 0 Å². The lowest BCUT2D eigenvalue weighted by Crippen LogP contribution is -2.25. The van der Waals surface area contributed by atoms with E-state index >= 15 is 0 Å². The summed E-state index contributed by atoms with van der Waals surface area (Å²) in [5, 5.41) is 2.80. The second kappa shape index (κ2) is 7.00. The highest BCUT2D eigenvalue weighted by molar-refractivity contribution is 7.93. The number of hydrogen-bond donors (Lipinski definition) is 1. The molecule has 0 spiro atoms. The van der Waals surface area contributed by atoms with Crippen LogP contribution in [0.25, 0.3) is 0 Å². The van der Waals surface area contributed by atoms with Crippen LogP contribution in [0.4, 0.5) is 11.4 Å². The Morgan fingerprint density at radius 1 is 1.41 bits per heavy atom. The van der Waals surface area contributed by atoms with Gasteiger partial charge in [0, 0.05) is 13.0 Å². The van der Waals surface area contributed by atoms with Crippen molar-refractivity contribution >= 4 is 27.3 Å². The van der Waals surface area contributed by atoms with Gasteiger partial charge in [0.25, 0.3) is 0 Å². The molecule has 0 bridgehead atoms. The fraction of sp³-hybridized carbons (Fsp3) is 0.533. The summed E-state index contributed by atoms with van der Waals surface area (Å²) < 4.78 is 30.6. The van der Waals surface area contributed by atoms with Crippen molar-refractivity contribution in [1.82, 2.24) is 0 Å². The minimum absolute atomic E-state index is 0.0958. The number of hydrogen-bond acceptors (Lipinski definition) is 4. The molecule has 1 saturated heterocycles. The molecular weight excluding hydrogens is 304 g/mol. The molecule has 1 aliphatic heterocycles. The topological polar surface area (TPSA) is 75.7 Å². The molecule has 0 atom stereocenters.